The van der Waals surface area contributed by atoms with Gasteiger partial charge in [0.1, 0.15) is 5.82 Å². The van der Waals surface area contributed by atoms with Crippen LogP contribution in [-0.4, -0.2) is 13.1 Å². The third kappa shape index (κ3) is 2.19. The zero-order valence-electron chi connectivity index (χ0n) is 7.87. The van der Waals surface area contributed by atoms with Gasteiger partial charge in [0.2, 0.25) is 0 Å². The summed E-state index contributed by atoms with van der Waals surface area (Å²) in [6.45, 7) is 3.53. The third-order valence-corrected chi connectivity index (χ3v) is 1.92. The Morgan fingerprint density at radius 3 is 2.50 bits per heavy atom. The molecule has 1 aromatic rings. The summed E-state index contributed by atoms with van der Waals surface area (Å²) in [6, 6.07) is 5.68. The molecule has 0 spiro atoms. The van der Waals surface area contributed by atoms with E-state index in [1.54, 1.807) is 12.1 Å². The van der Waals surface area contributed by atoms with Crippen LogP contribution in [0.15, 0.2) is 36.9 Å². The van der Waals surface area contributed by atoms with Gasteiger partial charge in [-0.1, -0.05) is 18.2 Å². The van der Waals surface area contributed by atoms with Gasteiger partial charge in [0.15, 0.2) is 0 Å². The van der Waals surface area contributed by atoms with Crippen molar-refractivity contribution in [3.05, 3.63) is 48.3 Å². The van der Waals surface area contributed by atoms with E-state index >= 15 is 0 Å². The number of benzene rings is 1. The van der Waals surface area contributed by atoms with E-state index in [0.29, 0.717) is 5.56 Å². The van der Waals surface area contributed by atoms with E-state index < -0.39 is 11.9 Å². The van der Waals surface area contributed by atoms with Gasteiger partial charge in [0, 0.05) is 0 Å². The first-order chi connectivity index (χ1) is 6.69. The molecule has 1 unspecified atom stereocenters. The minimum atomic E-state index is -0.527. The molecule has 3 heteroatoms. The van der Waals surface area contributed by atoms with E-state index in [-0.39, 0.29) is 5.82 Å². The topological polar surface area (TPSA) is 26.3 Å². The fraction of sp³-hybridized carbons (Fsp3) is 0.182. The molecule has 0 heterocycles. The second-order valence-electron chi connectivity index (χ2n) is 2.79. The summed E-state index contributed by atoms with van der Waals surface area (Å²) in [7, 11) is 1.31. The van der Waals surface area contributed by atoms with E-state index in [2.05, 4.69) is 11.3 Å². The zero-order valence-corrected chi connectivity index (χ0v) is 7.87. The van der Waals surface area contributed by atoms with Crippen molar-refractivity contribution in [1.82, 2.24) is 0 Å². The number of carbonyl (C=O) groups is 1. The smallest absolute Gasteiger partial charge is 0.317 e. The molecule has 0 saturated carbocycles. The van der Waals surface area contributed by atoms with E-state index in [1.807, 2.05) is 0 Å². The molecule has 74 valence electrons. The Labute approximate surface area is 82.0 Å². The first kappa shape index (κ1) is 10.4. The van der Waals surface area contributed by atoms with E-state index in [4.69, 9.17) is 0 Å². The Morgan fingerprint density at radius 1 is 1.50 bits per heavy atom. The number of carbonyl (C=O) groups excluding carboxylic acids is 1. The predicted octanol–water partition coefficient (Wildman–Crippen LogP) is 2.27. The summed E-state index contributed by atoms with van der Waals surface area (Å²) < 4.78 is 17.2. The monoisotopic (exact) mass is 194 g/mol. The van der Waals surface area contributed by atoms with Crippen molar-refractivity contribution in [2.75, 3.05) is 7.11 Å². The predicted molar refractivity (Wildman–Crippen MR) is 51.4 cm³/mol. The molecule has 0 aliphatic heterocycles. The highest BCUT2D eigenvalue weighted by Crippen LogP contribution is 2.18. The van der Waals surface area contributed by atoms with Crippen molar-refractivity contribution in [1.29, 1.82) is 0 Å². The van der Waals surface area contributed by atoms with Gasteiger partial charge in [-0.3, -0.25) is 4.79 Å². The normalized spacial score (nSPS) is 11.9. The van der Waals surface area contributed by atoms with Gasteiger partial charge >= 0.3 is 5.97 Å². The van der Waals surface area contributed by atoms with Crippen LogP contribution < -0.4 is 0 Å². The van der Waals surface area contributed by atoms with Crippen molar-refractivity contribution in [3.63, 3.8) is 0 Å². The number of esters is 1. The highest BCUT2D eigenvalue weighted by Gasteiger charge is 2.17. The molecule has 0 aliphatic carbocycles. The molecular weight excluding hydrogens is 183 g/mol. The first-order valence-electron chi connectivity index (χ1n) is 4.15. The molecule has 0 aromatic heterocycles. The number of halogens is 1. The van der Waals surface area contributed by atoms with Crippen LogP contribution in [0, 0.1) is 5.82 Å². The van der Waals surface area contributed by atoms with Gasteiger partial charge in [-0.25, -0.2) is 4.39 Å². The van der Waals surface area contributed by atoms with Crippen LogP contribution in [-0.2, 0) is 9.53 Å². The van der Waals surface area contributed by atoms with Crippen molar-refractivity contribution in [2.45, 2.75) is 5.92 Å². The maximum Gasteiger partial charge on any atom is 0.317 e. The van der Waals surface area contributed by atoms with Crippen LogP contribution in [0.3, 0.4) is 0 Å². The Balaban J connectivity index is 2.95. The third-order valence-electron chi connectivity index (χ3n) is 1.92. The van der Waals surface area contributed by atoms with Gasteiger partial charge in [0.05, 0.1) is 13.0 Å². The van der Waals surface area contributed by atoms with Crippen molar-refractivity contribution < 1.29 is 13.9 Å². The molecule has 0 radical (unpaired) electrons. The number of rotatable bonds is 3. The molecule has 0 amide bonds. The lowest BCUT2D eigenvalue weighted by Gasteiger charge is -2.09. The molecule has 0 saturated heterocycles. The summed E-state index contributed by atoms with van der Waals surface area (Å²) in [5.74, 6) is -1.26. The average Bonchev–Trinajstić information content (AvgIpc) is 2.21. The quantitative estimate of drug-likeness (QED) is 0.545. The standard InChI is InChI=1S/C11H11FO2/c1-3-10(11(13)14-2)8-4-6-9(12)7-5-8/h3-7,10H,1H2,2H3. The SMILES string of the molecule is C=CC(C(=O)OC)c1ccc(F)cc1. The number of methoxy groups -OCH3 is 1. The number of ether oxygens (including phenoxy) is 1. The molecule has 14 heavy (non-hydrogen) atoms. The second-order valence-corrected chi connectivity index (χ2v) is 2.79. The summed E-state index contributed by atoms with van der Waals surface area (Å²) in [4.78, 5) is 11.2. The van der Waals surface area contributed by atoms with Crippen molar-refractivity contribution in [2.24, 2.45) is 0 Å². The zero-order chi connectivity index (χ0) is 10.6. The molecule has 0 fully saturated rings. The molecular formula is C11H11FO2. The molecule has 1 aromatic carbocycles. The largest absolute Gasteiger partial charge is 0.468 e. The summed E-state index contributed by atoms with van der Waals surface area (Å²) >= 11 is 0. The van der Waals surface area contributed by atoms with Crippen LogP contribution in [0.5, 0.6) is 0 Å². The Morgan fingerprint density at radius 2 is 2.07 bits per heavy atom. The lowest BCUT2D eigenvalue weighted by molar-refractivity contribution is -0.141. The molecule has 0 bridgehead atoms. The van der Waals surface area contributed by atoms with Gasteiger partial charge in [0.25, 0.3) is 0 Å². The van der Waals surface area contributed by atoms with Crippen molar-refractivity contribution in [3.8, 4) is 0 Å². The minimum absolute atomic E-state index is 0.332. The highest BCUT2D eigenvalue weighted by atomic mass is 19.1. The molecule has 2 nitrogen and oxygen atoms in total. The molecule has 1 atom stereocenters. The Bertz CT molecular complexity index is 330. The molecule has 0 N–H and O–H groups in total. The lowest BCUT2D eigenvalue weighted by atomic mass is 10.00. The van der Waals surface area contributed by atoms with E-state index in [9.17, 15) is 9.18 Å². The second kappa shape index (κ2) is 4.56. The van der Waals surface area contributed by atoms with Gasteiger partial charge in [-0.05, 0) is 17.7 Å². The van der Waals surface area contributed by atoms with Gasteiger partial charge in [-0.2, -0.15) is 0 Å². The Kier molecular flexibility index (Phi) is 3.40. The highest BCUT2D eigenvalue weighted by molar-refractivity contribution is 5.80. The van der Waals surface area contributed by atoms with Crippen LogP contribution in [0.1, 0.15) is 11.5 Å². The maximum absolute atomic E-state index is 12.6. The van der Waals surface area contributed by atoms with E-state index in [0.717, 1.165) is 0 Å². The average molecular weight is 194 g/mol. The molecule has 1 rings (SSSR count). The number of hydrogen-bond acceptors (Lipinski definition) is 2. The summed E-state index contributed by atoms with van der Waals surface area (Å²) in [5, 5.41) is 0. The maximum atomic E-state index is 12.6. The van der Waals surface area contributed by atoms with Gasteiger partial charge in [-0.15, -0.1) is 6.58 Å². The minimum Gasteiger partial charge on any atom is -0.468 e. The van der Waals surface area contributed by atoms with Crippen LogP contribution in [0.2, 0.25) is 0 Å². The van der Waals surface area contributed by atoms with Crippen LogP contribution in [0.4, 0.5) is 4.39 Å². The Hall–Kier alpha value is -1.64. The summed E-state index contributed by atoms with van der Waals surface area (Å²) in [5.41, 5.74) is 0.674. The lowest BCUT2D eigenvalue weighted by Crippen LogP contribution is -2.11. The van der Waals surface area contributed by atoms with Crippen LogP contribution in [0.25, 0.3) is 0 Å². The number of hydrogen-bond donors (Lipinski definition) is 0. The summed E-state index contributed by atoms with van der Waals surface area (Å²) in [6.07, 6.45) is 1.47. The van der Waals surface area contributed by atoms with Crippen LogP contribution >= 0.6 is 0 Å². The fourth-order valence-corrected chi connectivity index (χ4v) is 1.17. The fourth-order valence-electron chi connectivity index (χ4n) is 1.17. The van der Waals surface area contributed by atoms with E-state index in [1.165, 1.54) is 25.3 Å². The first-order valence-corrected chi connectivity index (χ1v) is 4.15. The van der Waals surface area contributed by atoms with Gasteiger partial charge < -0.3 is 4.74 Å². The molecule has 0 aliphatic rings. The van der Waals surface area contributed by atoms with Crippen molar-refractivity contribution >= 4 is 5.97 Å².